The number of alkyl halides is 3. The molecule has 2 unspecified atom stereocenters. The van der Waals surface area contributed by atoms with E-state index in [9.17, 15) is 36.3 Å². The van der Waals surface area contributed by atoms with Gasteiger partial charge in [0.05, 0.1) is 28.8 Å². The third-order valence-corrected chi connectivity index (χ3v) is 7.82. The molecule has 0 saturated carbocycles. The van der Waals surface area contributed by atoms with Crippen LogP contribution in [0.3, 0.4) is 0 Å². The fourth-order valence-electron chi connectivity index (χ4n) is 5.30. The lowest BCUT2D eigenvalue weighted by Crippen LogP contribution is -2.55. The number of carbonyl (C=O) groups is 3. The van der Waals surface area contributed by atoms with Gasteiger partial charge in [-0.3, -0.25) is 19.3 Å². The molecule has 222 valence electrons. The standard InChI is InChI=1S/C27H29F6N5O3/c1-12-10-38(11-13(2)37(12)3)23-8-21(30)15(14-4-16(25(34)40)20(29)7-19(14)28)5-22(23)36-26(41)17-9-35-24(39)6-18(17)27(31,32)33/h4-5,7-8,12-13,17-18H,6,9-11H2,1-3H3,(H2,34,40)(H,35,39)(H,36,41)/t12-,13+,17?,18?. The number of nitrogens with zero attached hydrogens (tertiary/aromatic N) is 2. The van der Waals surface area contributed by atoms with Crippen molar-refractivity contribution < 1.29 is 40.7 Å². The molecule has 2 heterocycles. The van der Waals surface area contributed by atoms with Crippen LogP contribution >= 0.6 is 0 Å². The lowest BCUT2D eigenvalue weighted by atomic mass is 9.84. The maximum absolute atomic E-state index is 15.6. The molecular weight excluding hydrogens is 556 g/mol. The Balaban J connectivity index is 1.82. The fraction of sp³-hybridized carbons (Fsp3) is 0.444. The second-order valence-corrected chi connectivity index (χ2v) is 10.5. The van der Waals surface area contributed by atoms with Crippen LogP contribution in [0.5, 0.6) is 0 Å². The Morgan fingerprint density at radius 1 is 0.976 bits per heavy atom. The van der Waals surface area contributed by atoms with E-state index in [0.29, 0.717) is 19.2 Å². The van der Waals surface area contributed by atoms with Crippen molar-refractivity contribution in [3.05, 3.63) is 47.3 Å². The summed E-state index contributed by atoms with van der Waals surface area (Å²) in [5.41, 5.74) is 3.43. The molecule has 14 heteroatoms. The molecule has 0 spiro atoms. The van der Waals surface area contributed by atoms with E-state index >= 15 is 4.39 Å². The van der Waals surface area contributed by atoms with E-state index in [1.54, 1.807) is 4.90 Å². The van der Waals surface area contributed by atoms with Gasteiger partial charge in [-0.1, -0.05) is 0 Å². The van der Waals surface area contributed by atoms with Crippen LogP contribution < -0.4 is 21.3 Å². The third kappa shape index (κ3) is 6.11. The van der Waals surface area contributed by atoms with Crippen LogP contribution in [0.1, 0.15) is 30.6 Å². The molecule has 0 aromatic heterocycles. The minimum absolute atomic E-state index is 0.0270. The smallest absolute Gasteiger partial charge is 0.367 e. The van der Waals surface area contributed by atoms with Crippen molar-refractivity contribution in [2.24, 2.45) is 17.6 Å². The van der Waals surface area contributed by atoms with Gasteiger partial charge in [0, 0.05) is 55.3 Å². The van der Waals surface area contributed by atoms with Gasteiger partial charge in [-0.05, 0) is 39.1 Å². The third-order valence-electron chi connectivity index (χ3n) is 7.82. The van der Waals surface area contributed by atoms with Crippen molar-refractivity contribution in [2.45, 2.75) is 38.5 Å². The van der Waals surface area contributed by atoms with Gasteiger partial charge in [0.15, 0.2) is 0 Å². The maximum atomic E-state index is 15.6. The zero-order chi connectivity index (χ0) is 30.4. The number of rotatable bonds is 5. The minimum atomic E-state index is -4.85. The number of hydrogen-bond acceptors (Lipinski definition) is 5. The highest BCUT2D eigenvalue weighted by molar-refractivity contribution is 5.99. The number of carbonyl (C=O) groups excluding carboxylic acids is 3. The molecule has 4 rings (SSSR count). The molecule has 2 aliphatic heterocycles. The van der Waals surface area contributed by atoms with Gasteiger partial charge >= 0.3 is 6.18 Å². The number of piperidine rings is 1. The molecule has 0 radical (unpaired) electrons. The molecule has 0 aliphatic carbocycles. The Hall–Kier alpha value is -3.81. The second-order valence-electron chi connectivity index (χ2n) is 10.5. The van der Waals surface area contributed by atoms with Gasteiger partial charge in [0.2, 0.25) is 11.8 Å². The van der Waals surface area contributed by atoms with E-state index in [0.717, 1.165) is 18.2 Å². The topological polar surface area (TPSA) is 108 Å². The van der Waals surface area contributed by atoms with E-state index in [4.69, 9.17) is 5.73 Å². The average Bonchev–Trinajstić information content (AvgIpc) is 2.87. The first-order chi connectivity index (χ1) is 19.1. The molecule has 41 heavy (non-hydrogen) atoms. The predicted molar refractivity (Wildman–Crippen MR) is 138 cm³/mol. The van der Waals surface area contributed by atoms with E-state index in [-0.39, 0.29) is 23.5 Å². The highest BCUT2D eigenvalue weighted by Crippen LogP contribution is 2.40. The molecular formula is C27H29F6N5O3. The first kappa shape index (κ1) is 30.2. The average molecular weight is 586 g/mol. The van der Waals surface area contributed by atoms with Crippen molar-refractivity contribution in [3.63, 3.8) is 0 Å². The summed E-state index contributed by atoms with van der Waals surface area (Å²) in [6, 6.07) is 3.08. The number of nitrogens with one attached hydrogen (secondary N) is 2. The summed E-state index contributed by atoms with van der Waals surface area (Å²) >= 11 is 0. The molecule has 8 nitrogen and oxygen atoms in total. The van der Waals surface area contributed by atoms with Crippen LogP contribution in [0.25, 0.3) is 11.1 Å². The zero-order valence-electron chi connectivity index (χ0n) is 22.4. The number of piperazine rings is 1. The van der Waals surface area contributed by atoms with Crippen LogP contribution in [0, 0.1) is 29.3 Å². The number of anilines is 2. The van der Waals surface area contributed by atoms with Gasteiger partial charge in [-0.25, -0.2) is 13.2 Å². The minimum Gasteiger partial charge on any atom is -0.367 e. The van der Waals surface area contributed by atoms with Gasteiger partial charge in [-0.2, -0.15) is 13.2 Å². The summed E-state index contributed by atoms with van der Waals surface area (Å²) in [6.07, 6.45) is -5.78. The van der Waals surface area contributed by atoms with Crippen LogP contribution in [-0.2, 0) is 9.59 Å². The van der Waals surface area contributed by atoms with E-state index in [2.05, 4.69) is 15.5 Å². The van der Waals surface area contributed by atoms with Gasteiger partial charge in [0.1, 0.15) is 17.5 Å². The lowest BCUT2D eigenvalue weighted by Gasteiger charge is -2.44. The molecule has 2 saturated heterocycles. The SMILES string of the molecule is C[C@@H]1CN(c2cc(F)c(-c3cc(C(N)=O)c(F)cc3F)cc2NC(=O)C2CNC(=O)CC2C(F)(F)F)C[C@H](C)N1C. The normalized spacial score (nSPS) is 23.7. The summed E-state index contributed by atoms with van der Waals surface area (Å²) in [5.74, 6) is -10.6. The summed E-state index contributed by atoms with van der Waals surface area (Å²) in [6.45, 7) is 4.00. The highest BCUT2D eigenvalue weighted by atomic mass is 19.4. The molecule has 4 atom stereocenters. The van der Waals surface area contributed by atoms with Gasteiger partial charge < -0.3 is 21.3 Å². The molecule has 2 fully saturated rings. The van der Waals surface area contributed by atoms with Crippen molar-refractivity contribution in [1.29, 1.82) is 0 Å². The Morgan fingerprint density at radius 3 is 2.15 bits per heavy atom. The number of nitrogens with two attached hydrogens (primary N) is 1. The number of benzene rings is 2. The van der Waals surface area contributed by atoms with Crippen LogP contribution in [0.4, 0.5) is 37.7 Å². The Labute approximate surface area is 231 Å². The summed E-state index contributed by atoms with van der Waals surface area (Å²) < 4.78 is 85.8. The summed E-state index contributed by atoms with van der Waals surface area (Å²) in [4.78, 5) is 40.4. The number of hydrogen-bond donors (Lipinski definition) is 3. The monoisotopic (exact) mass is 585 g/mol. The van der Waals surface area contributed by atoms with Crippen molar-refractivity contribution in [2.75, 3.05) is 36.9 Å². The summed E-state index contributed by atoms with van der Waals surface area (Å²) in [7, 11) is 1.90. The molecule has 2 aliphatic rings. The molecule has 2 aromatic carbocycles. The van der Waals surface area contributed by atoms with Gasteiger partial charge in [0.25, 0.3) is 5.91 Å². The van der Waals surface area contributed by atoms with Crippen LogP contribution in [0.2, 0.25) is 0 Å². The van der Waals surface area contributed by atoms with Crippen molar-refractivity contribution >= 4 is 29.1 Å². The van der Waals surface area contributed by atoms with Crippen LogP contribution in [0.15, 0.2) is 24.3 Å². The number of amides is 3. The summed E-state index contributed by atoms with van der Waals surface area (Å²) in [5, 5.41) is 4.71. The largest absolute Gasteiger partial charge is 0.393 e. The molecule has 0 bridgehead atoms. The molecule has 3 amide bonds. The Bertz CT molecular complexity index is 1370. The van der Waals surface area contributed by atoms with E-state index in [1.165, 1.54) is 0 Å². The number of likely N-dealkylation sites (N-methyl/N-ethyl adjacent to an activating group) is 1. The van der Waals surface area contributed by atoms with Crippen LogP contribution in [-0.4, -0.2) is 67.6 Å². The highest BCUT2D eigenvalue weighted by Gasteiger charge is 2.50. The van der Waals surface area contributed by atoms with Crippen molar-refractivity contribution in [1.82, 2.24) is 10.2 Å². The Kier molecular flexibility index (Phi) is 8.25. The van der Waals surface area contributed by atoms with Crippen molar-refractivity contribution in [3.8, 4) is 11.1 Å². The Morgan fingerprint density at radius 2 is 1.56 bits per heavy atom. The molecule has 4 N–H and O–H groups in total. The second kappa shape index (κ2) is 11.2. The zero-order valence-corrected chi connectivity index (χ0v) is 22.4. The van der Waals surface area contributed by atoms with Gasteiger partial charge in [-0.15, -0.1) is 0 Å². The maximum Gasteiger partial charge on any atom is 0.393 e. The fourth-order valence-corrected chi connectivity index (χ4v) is 5.30. The lowest BCUT2D eigenvalue weighted by molar-refractivity contribution is -0.197. The first-order valence-electron chi connectivity index (χ1n) is 12.8. The van der Waals surface area contributed by atoms with E-state index in [1.807, 2.05) is 20.9 Å². The first-order valence-corrected chi connectivity index (χ1v) is 12.8. The number of primary amides is 1. The predicted octanol–water partition coefficient (Wildman–Crippen LogP) is 3.65. The quantitative estimate of drug-likeness (QED) is 0.465. The van der Waals surface area contributed by atoms with E-state index < -0.39 is 82.8 Å². The number of halogens is 6. The molecule has 2 aromatic rings.